The van der Waals surface area contributed by atoms with Gasteiger partial charge in [-0.05, 0) is 29.8 Å². The first kappa shape index (κ1) is 15.3. The van der Waals surface area contributed by atoms with Crippen LogP contribution in [0.5, 0.6) is 11.5 Å². The van der Waals surface area contributed by atoms with Crippen molar-refractivity contribution in [2.45, 2.75) is 6.42 Å². The Morgan fingerprint density at radius 3 is 3.00 bits per heavy atom. The van der Waals surface area contributed by atoms with Crippen molar-refractivity contribution < 1.29 is 9.84 Å². The first-order chi connectivity index (χ1) is 12.2. The quantitative estimate of drug-likeness (QED) is 0.568. The van der Waals surface area contributed by atoms with Gasteiger partial charge in [0.25, 0.3) is 0 Å². The second kappa shape index (κ2) is 6.36. The number of aromatic nitrogens is 5. The molecule has 0 fully saturated rings. The molecule has 3 heterocycles. The smallest absolute Gasteiger partial charge is 0.236 e. The summed E-state index contributed by atoms with van der Waals surface area (Å²) in [5.41, 5.74) is 1.80. The number of hydrogen-bond acceptors (Lipinski definition) is 8. The lowest BCUT2D eigenvalue weighted by Gasteiger charge is -2.05. The van der Waals surface area contributed by atoms with Gasteiger partial charge >= 0.3 is 0 Å². The molecule has 2 N–H and O–H groups in total. The number of phenolic OH excluding ortho intramolecular Hbond substituents is 1. The number of rotatable bonds is 5. The van der Waals surface area contributed by atoms with Crippen LogP contribution >= 0.6 is 11.3 Å². The molecule has 0 spiro atoms. The van der Waals surface area contributed by atoms with Crippen LogP contribution in [0.3, 0.4) is 0 Å². The maximum atomic E-state index is 9.69. The maximum absolute atomic E-state index is 9.69. The Bertz CT molecular complexity index is 1010. The van der Waals surface area contributed by atoms with Crippen molar-refractivity contribution >= 4 is 27.1 Å². The fourth-order valence-corrected chi connectivity index (χ4v) is 3.17. The summed E-state index contributed by atoms with van der Waals surface area (Å²) in [6.45, 7) is 0. The highest BCUT2D eigenvalue weighted by atomic mass is 32.1. The Morgan fingerprint density at radius 1 is 1.28 bits per heavy atom. The van der Waals surface area contributed by atoms with Gasteiger partial charge < -0.3 is 15.2 Å². The number of ether oxygens (including phenoxy) is 1. The van der Waals surface area contributed by atoms with Gasteiger partial charge in [0.1, 0.15) is 0 Å². The van der Waals surface area contributed by atoms with E-state index in [0.29, 0.717) is 28.1 Å². The molecule has 0 saturated heterocycles. The zero-order valence-electron chi connectivity index (χ0n) is 13.2. The van der Waals surface area contributed by atoms with Gasteiger partial charge in [-0.2, -0.15) is 4.52 Å². The molecular weight excluding hydrogens is 340 g/mol. The number of hydrogen-bond donors (Lipinski definition) is 2. The summed E-state index contributed by atoms with van der Waals surface area (Å²) >= 11 is 1.41. The predicted octanol–water partition coefficient (Wildman–Crippen LogP) is 2.63. The first-order valence-electron chi connectivity index (χ1n) is 7.47. The van der Waals surface area contributed by atoms with Gasteiger partial charge in [0, 0.05) is 12.6 Å². The Balaban J connectivity index is 1.60. The third-order valence-corrected chi connectivity index (χ3v) is 4.39. The Morgan fingerprint density at radius 2 is 2.20 bits per heavy atom. The van der Waals surface area contributed by atoms with E-state index in [1.54, 1.807) is 29.0 Å². The molecular formula is C16H14N6O2S. The average molecular weight is 354 g/mol. The van der Waals surface area contributed by atoms with E-state index in [4.69, 9.17) is 4.74 Å². The molecule has 0 unspecified atom stereocenters. The van der Waals surface area contributed by atoms with Crippen LogP contribution in [0.2, 0.25) is 0 Å². The first-order valence-corrected chi connectivity index (χ1v) is 8.28. The van der Waals surface area contributed by atoms with Gasteiger partial charge in [-0.25, -0.2) is 0 Å². The number of benzene rings is 1. The summed E-state index contributed by atoms with van der Waals surface area (Å²) < 4.78 is 6.85. The van der Waals surface area contributed by atoms with Crippen LogP contribution in [0, 0.1) is 0 Å². The monoisotopic (exact) mass is 354 g/mol. The van der Waals surface area contributed by atoms with Crippen molar-refractivity contribution in [2.24, 2.45) is 0 Å². The molecule has 0 atom stereocenters. The highest BCUT2D eigenvalue weighted by molar-refractivity contribution is 7.20. The van der Waals surface area contributed by atoms with E-state index in [9.17, 15) is 5.11 Å². The van der Waals surface area contributed by atoms with Crippen molar-refractivity contribution in [3.63, 3.8) is 0 Å². The summed E-state index contributed by atoms with van der Waals surface area (Å²) in [6, 6.07) is 8.96. The molecule has 126 valence electrons. The van der Waals surface area contributed by atoms with Gasteiger partial charge in [-0.1, -0.05) is 17.4 Å². The number of phenols is 1. The molecule has 4 aromatic rings. The van der Waals surface area contributed by atoms with E-state index in [2.05, 4.69) is 25.6 Å². The number of nitrogens with one attached hydrogen (secondary N) is 1. The fraction of sp³-hybridized carbons (Fsp3) is 0.125. The minimum atomic E-state index is 0.106. The fourth-order valence-electron chi connectivity index (χ4n) is 2.39. The van der Waals surface area contributed by atoms with E-state index < -0.39 is 0 Å². The molecule has 4 rings (SSSR count). The lowest BCUT2D eigenvalue weighted by molar-refractivity contribution is 0.373. The number of pyridine rings is 1. The van der Waals surface area contributed by atoms with Crippen molar-refractivity contribution in [3.8, 4) is 11.5 Å². The molecule has 0 bridgehead atoms. The van der Waals surface area contributed by atoms with Crippen molar-refractivity contribution in [1.29, 1.82) is 0 Å². The molecule has 0 amide bonds. The molecule has 0 aliphatic heterocycles. The SMILES string of the molecule is COc1cc(Cc2nnc3sc(Nc4cccnc4)nn23)ccc1O. The predicted molar refractivity (Wildman–Crippen MR) is 93.6 cm³/mol. The van der Waals surface area contributed by atoms with E-state index in [0.717, 1.165) is 11.3 Å². The van der Waals surface area contributed by atoms with Crippen LogP contribution in [0.4, 0.5) is 10.8 Å². The van der Waals surface area contributed by atoms with Crippen LogP contribution < -0.4 is 10.1 Å². The van der Waals surface area contributed by atoms with Crippen LogP contribution in [0.15, 0.2) is 42.7 Å². The zero-order valence-corrected chi connectivity index (χ0v) is 14.1. The minimum Gasteiger partial charge on any atom is -0.504 e. The molecule has 25 heavy (non-hydrogen) atoms. The summed E-state index contributed by atoms with van der Waals surface area (Å²) in [5.74, 6) is 1.24. The van der Waals surface area contributed by atoms with E-state index in [1.165, 1.54) is 18.4 Å². The third kappa shape index (κ3) is 3.09. The van der Waals surface area contributed by atoms with Gasteiger partial charge in [0.05, 0.1) is 19.0 Å². The van der Waals surface area contributed by atoms with E-state index >= 15 is 0 Å². The topological polar surface area (TPSA) is 97.5 Å². The highest BCUT2D eigenvalue weighted by Crippen LogP contribution is 2.28. The maximum Gasteiger partial charge on any atom is 0.236 e. The molecule has 0 radical (unpaired) electrons. The van der Waals surface area contributed by atoms with Gasteiger partial charge in [-0.15, -0.1) is 15.3 Å². The lowest BCUT2D eigenvalue weighted by Crippen LogP contribution is -1.99. The van der Waals surface area contributed by atoms with E-state index in [-0.39, 0.29) is 5.75 Å². The second-order valence-corrected chi connectivity index (χ2v) is 6.22. The van der Waals surface area contributed by atoms with Crippen LogP contribution in [-0.2, 0) is 6.42 Å². The molecule has 0 aliphatic carbocycles. The molecule has 1 aromatic carbocycles. The number of nitrogens with zero attached hydrogens (tertiary/aromatic N) is 5. The standard InChI is InChI=1S/C16H14N6O2S/c1-24-13-7-10(4-5-12(13)23)8-14-19-20-16-22(14)21-15(25-16)18-11-3-2-6-17-9-11/h2-7,9,23H,8H2,1H3,(H,18,21). The van der Waals surface area contributed by atoms with Crippen LogP contribution in [0.25, 0.3) is 4.96 Å². The Kier molecular flexibility index (Phi) is 3.90. The van der Waals surface area contributed by atoms with Crippen molar-refractivity contribution in [1.82, 2.24) is 24.8 Å². The Labute approximate surface area is 146 Å². The molecule has 9 heteroatoms. The molecule has 8 nitrogen and oxygen atoms in total. The molecule has 0 saturated carbocycles. The zero-order chi connectivity index (χ0) is 17.2. The number of anilines is 2. The largest absolute Gasteiger partial charge is 0.504 e. The number of methoxy groups -OCH3 is 1. The van der Waals surface area contributed by atoms with E-state index in [1.807, 2.05) is 18.2 Å². The van der Waals surface area contributed by atoms with Gasteiger partial charge in [0.15, 0.2) is 17.3 Å². The summed E-state index contributed by atoms with van der Waals surface area (Å²) in [4.78, 5) is 4.77. The van der Waals surface area contributed by atoms with Crippen molar-refractivity contribution in [2.75, 3.05) is 12.4 Å². The minimum absolute atomic E-state index is 0.106. The lowest BCUT2D eigenvalue weighted by atomic mass is 10.1. The number of fused-ring (bicyclic) bond motifs is 1. The summed E-state index contributed by atoms with van der Waals surface area (Å²) in [6.07, 6.45) is 3.97. The average Bonchev–Trinajstić information content (AvgIpc) is 3.19. The highest BCUT2D eigenvalue weighted by Gasteiger charge is 2.13. The summed E-state index contributed by atoms with van der Waals surface area (Å²) in [7, 11) is 1.52. The van der Waals surface area contributed by atoms with Crippen molar-refractivity contribution in [3.05, 3.63) is 54.1 Å². The van der Waals surface area contributed by atoms with Crippen LogP contribution in [-0.4, -0.2) is 37.0 Å². The Hall–Kier alpha value is -3.20. The normalized spacial score (nSPS) is 10.9. The molecule has 0 aliphatic rings. The van der Waals surface area contributed by atoms with Gasteiger partial charge in [0.2, 0.25) is 10.1 Å². The van der Waals surface area contributed by atoms with Crippen LogP contribution in [0.1, 0.15) is 11.4 Å². The second-order valence-electron chi connectivity index (χ2n) is 5.27. The molecule has 3 aromatic heterocycles. The summed E-state index contributed by atoms with van der Waals surface area (Å²) in [5, 5.41) is 26.5. The third-order valence-electron chi connectivity index (χ3n) is 3.57. The van der Waals surface area contributed by atoms with Gasteiger partial charge in [-0.3, -0.25) is 4.98 Å². The number of aromatic hydroxyl groups is 1.